The molecule has 1 heterocycles. The minimum Gasteiger partial charge on any atom is -0.481 e. The van der Waals surface area contributed by atoms with E-state index in [-0.39, 0.29) is 18.7 Å². The van der Waals surface area contributed by atoms with E-state index in [4.69, 9.17) is 0 Å². The highest BCUT2D eigenvalue weighted by molar-refractivity contribution is 7.08. The summed E-state index contributed by atoms with van der Waals surface area (Å²) in [5, 5.41) is 18.1. The average Bonchev–Trinajstić information content (AvgIpc) is 3.07. The van der Waals surface area contributed by atoms with Crippen molar-refractivity contribution >= 4 is 34.0 Å². The third-order valence-corrected chi connectivity index (χ3v) is 4.81. The van der Waals surface area contributed by atoms with Crippen LogP contribution in [-0.4, -0.2) is 23.0 Å². The van der Waals surface area contributed by atoms with E-state index in [1.54, 1.807) is 11.3 Å². The fourth-order valence-electron chi connectivity index (χ4n) is 2.98. The molecule has 2 N–H and O–H groups in total. The molecular weight excluding hydrogens is 334 g/mol. The number of fused-ring (bicyclic) bond motifs is 1. The number of carboxylic acid groups (broad SMARTS) is 1. The minimum atomic E-state index is -0.916. The first-order valence-electron chi connectivity index (χ1n) is 8.10. The lowest BCUT2D eigenvalue weighted by Crippen LogP contribution is -2.38. The Bertz CT molecular complexity index is 868. The van der Waals surface area contributed by atoms with Crippen LogP contribution in [0.2, 0.25) is 0 Å². The minimum absolute atomic E-state index is 0.0986. The molecular formula is C20H19NO3S. The van der Waals surface area contributed by atoms with Crippen LogP contribution < -0.4 is 5.32 Å². The smallest absolute Gasteiger partial charge is 0.305 e. The molecule has 5 heteroatoms. The number of benzene rings is 2. The van der Waals surface area contributed by atoms with Crippen LogP contribution in [0.25, 0.3) is 10.8 Å². The van der Waals surface area contributed by atoms with Crippen LogP contribution in [0.3, 0.4) is 0 Å². The summed E-state index contributed by atoms with van der Waals surface area (Å²) >= 11 is 1.54. The fraction of sp³-hybridized carbons (Fsp3) is 0.200. The molecule has 1 aromatic heterocycles. The molecule has 128 valence electrons. The zero-order chi connectivity index (χ0) is 17.6. The number of carboxylic acids is 1. The molecule has 1 unspecified atom stereocenters. The second-order valence-electron chi connectivity index (χ2n) is 6.01. The van der Waals surface area contributed by atoms with Gasteiger partial charge in [-0.2, -0.15) is 11.3 Å². The topological polar surface area (TPSA) is 66.4 Å². The van der Waals surface area contributed by atoms with Gasteiger partial charge in [0.15, 0.2) is 0 Å². The zero-order valence-electron chi connectivity index (χ0n) is 13.6. The lowest BCUT2D eigenvalue weighted by Gasteiger charge is -2.18. The number of hydrogen-bond acceptors (Lipinski definition) is 3. The summed E-state index contributed by atoms with van der Waals surface area (Å²) in [5.74, 6) is -1.06. The van der Waals surface area contributed by atoms with Crippen molar-refractivity contribution in [3.05, 3.63) is 70.4 Å². The van der Waals surface area contributed by atoms with Gasteiger partial charge in [0.25, 0.3) is 0 Å². The quantitative estimate of drug-likeness (QED) is 0.681. The average molecular weight is 353 g/mol. The van der Waals surface area contributed by atoms with Crippen molar-refractivity contribution in [3.63, 3.8) is 0 Å². The van der Waals surface area contributed by atoms with Gasteiger partial charge >= 0.3 is 5.97 Å². The van der Waals surface area contributed by atoms with Crippen LogP contribution >= 0.6 is 11.3 Å². The molecule has 0 aliphatic carbocycles. The highest BCUT2D eigenvalue weighted by Gasteiger charge is 2.18. The molecule has 0 saturated carbocycles. The third-order valence-electron chi connectivity index (χ3n) is 4.08. The van der Waals surface area contributed by atoms with Gasteiger partial charge in [-0.05, 0) is 45.1 Å². The molecule has 2 aromatic carbocycles. The maximum atomic E-state index is 12.3. The number of amides is 1. The summed E-state index contributed by atoms with van der Waals surface area (Å²) in [6.45, 7) is 0. The summed E-state index contributed by atoms with van der Waals surface area (Å²) in [6, 6.07) is 15.4. The molecule has 0 spiro atoms. The van der Waals surface area contributed by atoms with Gasteiger partial charge in [0.1, 0.15) is 0 Å². The predicted molar refractivity (Wildman–Crippen MR) is 99.9 cm³/mol. The Balaban J connectivity index is 1.76. The summed E-state index contributed by atoms with van der Waals surface area (Å²) < 4.78 is 0. The molecule has 3 aromatic rings. The van der Waals surface area contributed by atoms with Gasteiger partial charge in [-0.1, -0.05) is 42.5 Å². The molecule has 0 bridgehead atoms. The SMILES string of the molecule is O=C(O)CC(Cc1cccc2ccccc12)NC(=O)Cc1ccsc1. The predicted octanol–water partition coefficient (Wildman–Crippen LogP) is 3.65. The van der Waals surface area contributed by atoms with Gasteiger partial charge in [0.2, 0.25) is 5.91 Å². The fourth-order valence-corrected chi connectivity index (χ4v) is 3.65. The van der Waals surface area contributed by atoms with Gasteiger partial charge in [-0.15, -0.1) is 0 Å². The number of hydrogen-bond donors (Lipinski definition) is 2. The second-order valence-corrected chi connectivity index (χ2v) is 6.79. The van der Waals surface area contributed by atoms with Crippen molar-refractivity contribution in [2.45, 2.75) is 25.3 Å². The number of rotatable bonds is 7. The first kappa shape index (κ1) is 17.2. The molecule has 1 atom stereocenters. The third kappa shape index (κ3) is 4.67. The first-order chi connectivity index (χ1) is 12.1. The van der Waals surface area contributed by atoms with Gasteiger partial charge in [0, 0.05) is 6.04 Å². The maximum Gasteiger partial charge on any atom is 0.305 e. The van der Waals surface area contributed by atoms with Crippen LogP contribution in [0.15, 0.2) is 59.3 Å². The monoisotopic (exact) mass is 353 g/mol. The molecule has 0 saturated heterocycles. The zero-order valence-corrected chi connectivity index (χ0v) is 14.5. The Hall–Kier alpha value is -2.66. The second kappa shape index (κ2) is 7.94. The summed E-state index contributed by atoms with van der Waals surface area (Å²) in [7, 11) is 0. The van der Waals surface area contributed by atoms with E-state index in [0.717, 1.165) is 21.9 Å². The van der Waals surface area contributed by atoms with E-state index in [1.165, 1.54) is 0 Å². The van der Waals surface area contributed by atoms with Crippen molar-refractivity contribution in [2.75, 3.05) is 0 Å². The number of carbonyl (C=O) groups is 2. The molecule has 0 aliphatic rings. The lowest BCUT2D eigenvalue weighted by atomic mass is 9.97. The van der Waals surface area contributed by atoms with Gasteiger partial charge in [-0.3, -0.25) is 9.59 Å². The molecule has 3 rings (SSSR count). The van der Waals surface area contributed by atoms with E-state index in [2.05, 4.69) is 5.32 Å². The maximum absolute atomic E-state index is 12.3. The van der Waals surface area contributed by atoms with E-state index < -0.39 is 12.0 Å². The van der Waals surface area contributed by atoms with Crippen LogP contribution in [-0.2, 0) is 22.4 Å². The van der Waals surface area contributed by atoms with Crippen molar-refractivity contribution in [1.82, 2.24) is 5.32 Å². The van der Waals surface area contributed by atoms with E-state index in [1.807, 2.05) is 59.3 Å². The first-order valence-corrected chi connectivity index (χ1v) is 9.05. The lowest BCUT2D eigenvalue weighted by molar-refractivity contribution is -0.137. The van der Waals surface area contributed by atoms with Gasteiger partial charge in [-0.25, -0.2) is 0 Å². The van der Waals surface area contributed by atoms with E-state index in [9.17, 15) is 14.7 Å². The summed E-state index contributed by atoms with van der Waals surface area (Å²) in [6.07, 6.45) is 0.663. The van der Waals surface area contributed by atoms with Crippen molar-refractivity contribution in [2.24, 2.45) is 0 Å². The van der Waals surface area contributed by atoms with Crippen molar-refractivity contribution in [1.29, 1.82) is 0 Å². The van der Waals surface area contributed by atoms with Crippen LogP contribution in [0, 0.1) is 0 Å². The molecule has 0 radical (unpaired) electrons. The molecule has 4 nitrogen and oxygen atoms in total. The number of thiophene rings is 1. The standard InChI is InChI=1S/C20H19NO3S/c22-19(10-14-8-9-25-13-14)21-17(12-20(23)24)11-16-6-3-5-15-4-1-2-7-18(15)16/h1-9,13,17H,10-12H2,(H,21,22)(H,23,24). The van der Waals surface area contributed by atoms with Crippen LogP contribution in [0.5, 0.6) is 0 Å². The Morgan fingerprint density at radius 2 is 1.88 bits per heavy atom. The Morgan fingerprint density at radius 3 is 2.64 bits per heavy atom. The number of aliphatic carboxylic acids is 1. The van der Waals surface area contributed by atoms with E-state index in [0.29, 0.717) is 6.42 Å². The Kier molecular flexibility index (Phi) is 5.46. The summed E-state index contributed by atoms with van der Waals surface area (Å²) in [5.41, 5.74) is 1.99. The number of nitrogens with one attached hydrogen (secondary N) is 1. The number of carbonyl (C=O) groups excluding carboxylic acids is 1. The normalized spacial score (nSPS) is 12.0. The van der Waals surface area contributed by atoms with Crippen molar-refractivity contribution < 1.29 is 14.7 Å². The van der Waals surface area contributed by atoms with E-state index >= 15 is 0 Å². The highest BCUT2D eigenvalue weighted by Crippen LogP contribution is 2.20. The van der Waals surface area contributed by atoms with Crippen LogP contribution in [0.1, 0.15) is 17.5 Å². The Morgan fingerprint density at radius 1 is 1.08 bits per heavy atom. The Labute approximate surface area is 150 Å². The van der Waals surface area contributed by atoms with Crippen molar-refractivity contribution in [3.8, 4) is 0 Å². The van der Waals surface area contributed by atoms with Gasteiger partial charge in [0.05, 0.1) is 12.8 Å². The molecule has 0 fully saturated rings. The summed E-state index contributed by atoms with van der Waals surface area (Å²) in [4.78, 5) is 23.5. The molecule has 1 amide bonds. The highest BCUT2D eigenvalue weighted by atomic mass is 32.1. The van der Waals surface area contributed by atoms with Crippen LogP contribution in [0.4, 0.5) is 0 Å². The molecule has 0 aliphatic heterocycles. The largest absolute Gasteiger partial charge is 0.481 e. The molecule has 25 heavy (non-hydrogen) atoms. The van der Waals surface area contributed by atoms with Gasteiger partial charge < -0.3 is 10.4 Å².